The summed E-state index contributed by atoms with van der Waals surface area (Å²) in [5, 5.41) is 25.2. The van der Waals surface area contributed by atoms with Gasteiger partial charge in [-0.3, -0.25) is 9.59 Å². The molecule has 0 fully saturated rings. The Morgan fingerprint density at radius 1 is 1.22 bits per heavy atom. The molecule has 18 heavy (non-hydrogen) atoms. The van der Waals surface area contributed by atoms with Crippen LogP contribution in [-0.4, -0.2) is 33.3 Å². The minimum Gasteiger partial charge on any atom is -0.508 e. The lowest BCUT2D eigenvalue weighted by atomic mass is 10.1. The van der Waals surface area contributed by atoms with E-state index in [4.69, 9.17) is 21.1 Å². The lowest BCUT2D eigenvalue weighted by Crippen LogP contribution is -2.32. The van der Waals surface area contributed by atoms with Crippen LogP contribution in [0.5, 0.6) is 5.75 Å². The summed E-state index contributed by atoms with van der Waals surface area (Å²) >= 11 is 0. The molecule has 1 aromatic carbocycles. The fourth-order valence-electron chi connectivity index (χ4n) is 0.973. The number of aromatic hydroxyl groups is 1. The van der Waals surface area contributed by atoms with Gasteiger partial charge in [0.05, 0.1) is 0 Å². The number of phenols is 1. The van der Waals surface area contributed by atoms with Crippen LogP contribution in [0.25, 0.3) is 0 Å². The predicted molar refractivity (Wildman–Crippen MR) is 65.3 cm³/mol. The molecule has 0 radical (unpaired) electrons. The maximum atomic E-state index is 10.4. The molecule has 0 aromatic heterocycles. The molecule has 1 atom stereocenters. The van der Waals surface area contributed by atoms with Gasteiger partial charge in [-0.15, -0.1) is 0 Å². The number of hydrogen-bond acceptors (Lipinski definition) is 4. The number of carboxylic acid groups (broad SMARTS) is 2. The van der Waals surface area contributed by atoms with E-state index in [2.05, 4.69) is 0 Å². The van der Waals surface area contributed by atoms with E-state index in [1.165, 1.54) is 12.1 Å². The van der Waals surface area contributed by atoms with Gasteiger partial charge in [0.15, 0.2) is 0 Å². The first kappa shape index (κ1) is 15.9. The van der Waals surface area contributed by atoms with Crippen LogP contribution in [0.15, 0.2) is 24.3 Å². The molecule has 0 unspecified atom stereocenters. The number of phenolic OH excluding ortho intramolecular Hbond substituents is 1. The Balaban J connectivity index is 0.000000494. The Morgan fingerprint density at radius 3 is 2.00 bits per heavy atom. The van der Waals surface area contributed by atoms with E-state index in [1.54, 1.807) is 19.1 Å². The molecule has 0 aliphatic rings. The van der Waals surface area contributed by atoms with Gasteiger partial charge in [-0.2, -0.15) is 0 Å². The van der Waals surface area contributed by atoms with Crippen molar-refractivity contribution >= 4 is 11.9 Å². The van der Waals surface area contributed by atoms with Crippen molar-refractivity contribution in [3.8, 4) is 5.75 Å². The zero-order valence-corrected chi connectivity index (χ0v) is 10.0. The Hall–Kier alpha value is -2.08. The van der Waals surface area contributed by atoms with Crippen LogP contribution >= 0.6 is 0 Å². The first-order valence-electron chi connectivity index (χ1n) is 5.34. The summed E-state index contributed by atoms with van der Waals surface area (Å²) < 4.78 is 0. The number of carboxylic acids is 2. The number of benzene rings is 1. The third kappa shape index (κ3) is 7.24. The Kier molecular flexibility index (Phi) is 7.14. The minimum absolute atomic E-state index is 0.160. The highest BCUT2D eigenvalue weighted by molar-refractivity contribution is 5.73. The second kappa shape index (κ2) is 8.08. The molecule has 6 nitrogen and oxygen atoms in total. The third-order valence-corrected chi connectivity index (χ3v) is 2.01. The fourth-order valence-corrected chi connectivity index (χ4v) is 0.973. The molecule has 0 saturated heterocycles. The van der Waals surface area contributed by atoms with E-state index in [-0.39, 0.29) is 18.6 Å². The number of hydrogen-bond donors (Lipinski definition) is 4. The van der Waals surface area contributed by atoms with Crippen molar-refractivity contribution in [3.05, 3.63) is 29.8 Å². The molecule has 0 saturated carbocycles. The molecule has 5 N–H and O–H groups in total. The van der Waals surface area contributed by atoms with Crippen molar-refractivity contribution < 1.29 is 24.9 Å². The van der Waals surface area contributed by atoms with Gasteiger partial charge in [-0.05, 0) is 24.1 Å². The van der Waals surface area contributed by atoms with E-state index >= 15 is 0 Å². The highest BCUT2D eigenvalue weighted by Gasteiger charge is 2.11. The number of aliphatic carboxylic acids is 2. The molecular weight excluding hydrogens is 238 g/mol. The number of rotatable bonds is 4. The second-order valence-corrected chi connectivity index (χ2v) is 3.56. The molecule has 0 aliphatic carbocycles. The zero-order chi connectivity index (χ0) is 14.1. The first-order valence-corrected chi connectivity index (χ1v) is 5.34. The molecule has 0 heterocycles. The summed E-state index contributed by atoms with van der Waals surface area (Å²) in [6.07, 6.45) is 0.496. The van der Waals surface area contributed by atoms with Gasteiger partial charge in [-0.1, -0.05) is 19.1 Å². The Labute approximate surface area is 105 Å². The van der Waals surface area contributed by atoms with Gasteiger partial charge in [0.1, 0.15) is 11.8 Å². The SMILES string of the molecule is CCC(=O)O.N[C@@H](Cc1ccc(O)cc1)C(=O)O. The molecular formula is C12H17NO5. The summed E-state index contributed by atoms with van der Waals surface area (Å²) in [6.45, 7) is 1.60. The quantitative estimate of drug-likeness (QED) is 0.632. The largest absolute Gasteiger partial charge is 0.508 e. The van der Waals surface area contributed by atoms with Gasteiger partial charge in [0, 0.05) is 6.42 Å². The summed E-state index contributed by atoms with van der Waals surface area (Å²) in [6, 6.07) is 5.42. The van der Waals surface area contributed by atoms with Crippen LogP contribution in [0.2, 0.25) is 0 Å². The van der Waals surface area contributed by atoms with Crippen LogP contribution in [0.4, 0.5) is 0 Å². The predicted octanol–water partition coefficient (Wildman–Crippen LogP) is 0.828. The van der Waals surface area contributed by atoms with Crippen molar-refractivity contribution in [1.82, 2.24) is 0 Å². The molecule has 0 bridgehead atoms. The van der Waals surface area contributed by atoms with Crippen LogP contribution < -0.4 is 5.73 Å². The van der Waals surface area contributed by atoms with E-state index in [9.17, 15) is 9.59 Å². The van der Waals surface area contributed by atoms with Crippen LogP contribution in [0.3, 0.4) is 0 Å². The van der Waals surface area contributed by atoms with Crippen LogP contribution in [0, 0.1) is 0 Å². The average molecular weight is 255 g/mol. The highest BCUT2D eigenvalue weighted by Crippen LogP contribution is 2.10. The molecule has 0 spiro atoms. The molecule has 6 heteroatoms. The maximum absolute atomic E-state index is 10.4. The second-order valence-electron chi connectivity index (χ2n) is 3.56. The van der Waals surface area contributed by atoms with Crippen molar-refractivity contribution in [2.45, 2.75) is 25.8 Å². The van der Waals surface area contributed by atoms with Crippen molar-refractivity contribution in [2.75, 3.05) is 0 Å². The summed E-state index contributed by atoms with van der Waals surface area (Å²) in [5.41, 5.74) is 6.12. The van der Waals surface area contributed by atoms with Crippen LogP contribution in [0.1, 0.15) is 18.9 Å². The topological polar surface area (TPSA) is 121 Å². The molecule has 0 amide bonds. The third-order valence-electron chi connectivity index (χ3n) is 2.01. The Bertz CT molecular complexity index is 388. The smallest absolute Gasteiger partial charge is 0.320 e. The highest BCUT2D eigenvalue weighted by atomic mass is 16.4. The lowest BCUT2D eigenvalue weighted by Gasteiger charge is -2.05. The standard InChI is InChI=1S/C9H11NO3.C3H6O2/c10-8(9(12)13)5-6-1-3-7(11)4-2-6;1-2-3(4)5/h1-4,8,11H,5,10H2,(H,12,13);2H2,1H3,(H,4,5)/t8-;/m0./s1. The monoisotopic (exact) mass is 255 g/mol. The van der Waals surface area contributed by atoms with Crippen LogP contribution in [-0.2, 0) is 16.0 Å². The lowest BCUT2D eigenvalue weighted by molar-refractivity contribution is -0.138. The minimum atomic E-state index is -1.02. The van der Waals surface area contributed by atoms with Crippen molar-refractivity contribution in [2.24, 2.45) is 5.73 Å². The molecule has 1 rings (SSSR count). The van der Waals surface area contributed by atoms with Gasteiger partial charge in [0.25, 0.3) is 0 Å². The van der Waals surface area contributed by atoms with Gasteiger partial charge in [0.2, 0.25) is 0 Å². The molecule has 0 aliphatic heterocycles. The number of carbonyl (C=O) groups is 2. The van der Waals surface area contributed by atoms with E-state index < -0.39 is 18.0 Å². The van der Waals surface area contributed by atoms with Gasteiger partial charge < -0.3 is 21.1 Å². The summed E-state index contributed by atoms with van der Waals surface area (Å²) in [7, 11) is 0. The fraction of sp³-hybridized carbons (Fsp3) is 0.333. The zero-order valence-electron chi connectivity index (χ0n) is 10.0. The first-order chi connectivity index (χ1) is 8.36. The average Bonchev–Trinajstić information content (AvgIpc) is 2.32. The molecule has 1 aromatic rings. The van der Waals surface area contributed by atoms with Gasteiger partial charge in [-0.25, -0.2) is 0 Å². The van der Waals surface area contributed by atoms with Crippen molar-refractivity contribution in [1.29, 1.82) is 0 Å². The van der Waals surface area contributed by atoms with Crippen molar-refractivity contribution in [3.63, 3.8) is 0 Å². The van der Waals surface area contributed by atoms with E-state index in [0.717, 1.165) is 5.56 Å². The normalized spacial score (nSPS) is 11.0. The summed E-state index contributed by atoms with van der Waals surface area (Å²) in [5.74, 6) is -1.61. The maximum Gasteiger partial charge on any atom is 0.320 e. The summed E-state index contributed by atoms with van der Waals surface area (Å²) in [4.78, 5) is 19.8. The number of nitrogens with two attached hydrogens (primary N) is 1. The van der Waals surface area contributed by atoms with E-state index in [1.807, 2.05) is 0 Å². The molecule has 100 valence electrons. The van der Waals surface area contributed by atoms with Gasteiger partial charge >= 0.3 is 11.9 Å². The van der Waals surface area contributed by atoms with E-state index in [0.29, 0.717) is 0 Å². The Morgan fingerprint density at radius 2 is 1.67 bits per heavy atom.